The van der Waals surface area contributed by atoms with Crippen LogP contribution < -0.4 is 0 Å². The van der Waals surface area contributed by atoms with Gasteiger partial charge in [-0.15, -0.1) is 0 Å². The lowest BCUT2D eigenvalue weighted by Gasteiger charge is -2.37. The molecule has 3 aliphatic rings. The highest BCUT2D eigenvalue weighted by molar-refractivity contribution is 5.95. The molecule has 0 saturated carbocycles. The molecule has 3 aliphatic heterocycles. The van der Waals surface area contributed by atoms with E-state index < -0.39 is 29.5 Å². The molecule has 2 aromatic carbocycles. The number of carbonyl (C=O) groups is 2. The second-order valence-corrected chi connectivity index (χ2v) is 8.56. The van der Waals surface area contributed by atoms with Crippen molar-refractivity contribution in [3.8, 4) is 6.07 Å². The Bertz CT molecular complexity index is 1120. The van der Waals surface area contributed by atoms with E-state index in [4.69, 9.17) is 10.00 Å². The van der Waals surface area contributed by atoms with Crippen molar-refractivity contribution >= 4 is 11.8 Å². The second-order valence-electron chi connectivity index (χ2n) is 8.56. The van der Waals surface area contributed by atoms with Crippen LogP contribution in [0.3, 0.4) is 0 Å². The van der Waals surface area contributed by atoms with Gasteiger partial charge in [0.1, 0.15) is 17.9 Å². The van der Waals surface area contributed by atoms with Gasteiger partial charge in [0.2, 0.25) is 0 Å². The molecule has 6 nitrogen and oxygen atoms in total. The van der Waals surface area contributed by atoms with Crippen molar-refractivity contribution in [2.45, 2.75) is 43.6 Å². The first kappa shape index (κ1) is 20.6. The largest absolute Gasteiger partial charge is 0.342 e. The molecule has 3 saturated heterocycles. The molecule has 164 valence electrons. The Balaban J connectivity index is 1.31. The molecule has 5 rings (SSSR count). The van der Waals surface area contributed by atoms with Gasteiger partial charge < -0.3 is 14.5 Å². The van der Waals surface area contributed by atoms with Crippen LogP contribution >= 0.6 is 0 Å². The zero-order valence-corrected chi connectivity index (χ0v) is 17.3. The highest BCUT2D eigenvalue weighted by atomic mass is 19.1. The van der Waals surface area contributed by atoms with Crippen molar-refractivity contribution in [1.82, 2.24) is 9.80 Å². The maximum Gasteiger partial charge on any atom is 0.257 e. The van der Waals surface area contributed by atoms with E-state index in [0.717, 1.165) is 6.07 Å². The summed E-state index contributed by atoms with van der Waals surface area (Å²) >= 11 is 0. The minimum Gasteiger partial charge on any atom is -0.342 e. The summed E-state index contributed by atoms with van der Waals surface area (Å²) in [5.41, 5.74) is 0.274. The van der Waals surface area contributed by atoms with E-state index >= 15 is 0 Å². The number of likely N-dealkylation sites (tertiary alicyclic amines) is 1. The predicted octanol–water partition coefficient (Wildman–Crippen LogP) is 3.53. The summed E-state index contributed by atoms with van der Waals surface area (Å²) in [7, 11) is 0. The van der Waals surface area contributed by atoms with Crippen molar-refractivity contribution in [1.29, 1.82) is 5.26 Å². The fourth-order valence-corrected chi connectivity index (χ4v) is 5.12. The number of hydrogen-bond donors (Lipinski definition) is 0. The monoisotopic (exact) mass is 437 g/mol. The van der Waals surface area contributed by atoms with Gasteiger partial charge >= 0.3 is 0 Å². The normalized spacial score (nSPS) is 24.0. The number of hydrogen-bond acceptors (Lipinski definition) is 4. The van der Waals surface area contributed by atoms with Crippen LogP contribution in [0.1, 0.15) is 53.2 Å². The number of rotatable bonds is 2. The summed E-state index contributed by atoms with van der Waals surface area (Å²) in [5, 5.41) is 9.06. The second kappa shape index (κ2) is 7.68. The summed E-state index contributed by atoms with van der Waals surface area (Å²) in [4.78, 5) is 29.6. The third kappa shape index (κ3) is 3.33. The molecule has 3 heterocycles. The average Bonchev–Trinajstić information content (AvgIpc) is 3.31. The van der Waals surface area contributed by atoms with Crippen molar-refractivity contribution in [2.24, 2.45) is 0 Å². The lowest BCUT2D eigenvalue weighted by atomic mass is 9.89. The van der Waals surface area contributed by atoms with Gasteiger partial charge in [0, 0.05) is 37.6 Å². The Morgan fingerprint density at radius 1 is 1.09 bits per heavy atom. The number of ether oxygens (including phenoxy) is 1. The van der Waals surface area contributed by atoms with Crippen LogP contribution in [-0.2, 0) is 9.53 Å². The number of benzene rings is 2. The first-order valence-electron chi connectivity index (χ1n) is 10.7. The number of piperidine rings is 1. The molecule has 0 aromatic heterocycles. The quantitative estimate of drug-likeness (QED) is 0.721. The van der Waals surface area contributed by atoms with Gasteiger partial charge in [-0.3, -0.25) is 9.59 Å². The molecule has 0 aliphatic carbocycles. The van der Waals surface area contributed by atoms with Crippen LogP contribution in [0.25, 0.3) is 0 Å². The third-order valence-corrected chi connectivity index (χ3v) is 6.69. The number of nitriles is 1. The van der Waals surface area contributed by atoms with Gasteiger partial charge in [-0.05, 0) is 48.7 Å². The average molecular weight is 437 g/mol. The Kier molecular flexibility index (Phi) is 4.94. The van der Waals surface area contributed by atoms with Crippen molar-refractivity contribution in [3.63, 3.8) is 0 Å². The predicted molar refractivity (Wildman–Crippen MR) is 109 cm³/mol. The molecule has 0 unspecified atom stereocenters. The van der Waals surface area contributed by atoms with Crippen LogP contribution in [0.2, 0.25) is 0 Å². The van der Waals surface area contributed by atoms with Gasteiger partial charge in [-0.1, -0.05) is 6.07 Å². The summed E-state index contributed by atoms with van der Waals surface area (Å²) < 4.78 is 33.7. The molecule has 0 N–H and O–H groups in total. The highest BCUT2D eigenvalue weighted by Gasteiger charge is 2.58. The zero-order valence-electron chi connectivity index (χ0n) is 17.3. The Morgan fingerprint density at radius 3 is 2.50 bits per heavy atom. The van der Waals surface area contributed by atoms with Crippen LogP contribution in [-0.4, -0.2) is 46.5 Å². The van der Waals surface area contributed by atoms with E-state index in [1.54, 1.807) is 34.1 Å². The van der Waals surface area contributed by atoms with E-state index in [0.29, 0.717) is 55.5 Å². The fraction of sp³-hybridized carbons (Fsp3) is 0.375. The highest BCUT2D eigenvalue weighted by Crippen LogP contribution is 2.47. The molecular formula is C24H21F2N3O3. The van der Waals surface area contributed by atoms with Crippen LogP contribution in [0.15, 0.2) is 42.5 Å². The molecule has 1 spiro atoms. The van der Waals surface area contributed by atoms with Crippen LogP contribution in [0, 0.1) is 23.0 Å². The van der Waals surface area contributed by atoms with E-state index in [-0.39, 0.29) is 11.8 Å². The Morgan fingerprint density at radius 2 is 1.81 bits per heavy atom. The summed E-state index contributed by atoms with van der Waals surface area (Å²) in [6, 6.07) is 11.5. The molecule has 3 fully saturated rings. The molecule has 0 radical (unpaired) electrons. The third-order valence-electron chi connectivity index (χ3n) is 6.69. The number of fused-ring (bicyclic) bond motifs is 1. The maximum absolute atomic E-state index is 13.7. The lowest BCUT2D eigenvalue weighted by Crippen LogP contribution is -2.51. The van der Waals surface area contributed by atoms with E-state index in [2.05, 4.69) is 0 Å². The van der Waals surface area contributed by atoms with Crippen molar-refractivity contribution in [3.05, 3.63) is 70.8 Å². The molecule has 2 atom stereocenters. The summed E-state index contributed by atoms with van der Waals surface area (Å²) in [5.74, 6) is -1.69. The maximum atomic E-state index is 13.7. The first-order valence-corrected chi connectivity index (χ1v) is 10.7. The Labute approximate surface area is 184 Å². The van der Waals surface area contributed by atoms with Gasteiger partial charge in [-0.2, -0.15) is 5.26 Å². The minimum absolute atomic E-state index is 0.173. The van der Waals surface area contributed by atoms with E-state index in [1.165, 1.54) is 12.1 Å². The van der Waals surface area contributed by atoms with Gasteiger partial charge in [0.15, 0.2) is 5.60 Å². The minimum atomic E-state index is -1.01. The topological polar surface area (TPSA) is 73.6 Å². The van der Waals surface area contributed by atoms with E-state index in [9.17, 15) is 18.4 Å². The van der Waals surface area contributed by atoms with Gasteiger partial charge in [-0.25, -0.2) is 8.78 Å². The van der Waals surface area contributed by atoms with Crippen molar-refractivity contribution < 1.29 is 23.1 Å². The molecule has 32 heavy (non-hydrogen) atoms. The standard InChI is InChI=1S/C24H21F2N3O3/c25-18-11-17(12-19(26)13-18)20-4-5-21-29(20)23(31)24(32-21)6-8-28(9-7-24)22(30)16-3-1-2-15(10-16)14-27/h1-3,10-13,20-21H,4-9H2/t20-,21+/m0/s1. The number of carbonyl (C=O) groups excluding carboxylic acids is 2. The number of halogens is 2. The molecule has 8 heteroatoms. The van der Waals surface area contributed by atoms with Crippen LogP contribution in [0.5, 0.6) is 0 Å². The zero-order chi connectivity index (χ0) is 22.5. The van der Waals surface area contributed by atoms with Gasteiger partial charge in [0.05, 0.1) is 17.7 Å². The summed E-state index contributed by atoms with van der Waals surface area (Å²) in [6.45, 7) is 0.697. The molecule has 0 bridgehead atoms. The smallest absolute Gasteiger partial charge is 0.257 e. The lowest BCUT2D eigenvalue weighted by molar-refractivity contribution is -0.142. The number of amides is 2. The SMILES string of the molecule is N#Cc1cccc(C(=O)N2CCC3(CC2)O[C@@H]2CC[C@@H](c4cc(F)cc(F)c4)N2C3=O)c1. The summed E-state index contributed by atoms with van der Waals surface area (Å²) in [6.07, 6.45) is 1.46. The first-order chi connectivity index (χ1) is 15.4. The van der Waals surface area contributed by atoms with Crippen molar-refractivity contribution in [2.75, 3.05) is 13.1 Å². The fourth-order valence-electron chi connectivity index (χ4n) is 5.12. The number of nitrogens with zero attached hydrogens (tertiary/aromatic N) is 3. The molecule has 2 amide bonds. The van der Waals surface area contributed by atoms with Gasteiger partial charge in [0.25, 0.3) is 11.8 Å². The van der Waals surface area contributed by atoms with E-state index in [1.807, 2.05) is 6.07 Å². The molecule has 2 aromatic rings. The van der Waals surface area contributed by atoms with Crippen LogP contribution in [0.4, 0.5) is 8.78 Å². The Hall–Kier alpha value is -3.31. The molecular weight excluding hydrogens is 416 g/mol.